The summed E-state index contributed by atoms with van der Waals surface area (Å²) in [6.45, 7) is 3.58. The third kappa shape index (κ3) is 3.52. The van der Waals surface area contributed by atoms with Gasteiger partial charge in [0.05, 0.1) is 4.91 Å². The maximum absolute atomic E-state index is 12.0. The Morgan fingerprint density at radius 1 is 1.29 bits per heavy atom. The fraction of sp³-hybridized carbons (Fsp3) is 0.267. The standard InChI is InChI=1S/C15H15NO4S/c1-9(2)11-5-3-10(4-6-11)7-12-14(19)16(8-13(17)18)15(20)21-12/h3-7,9H,8H2,1-2H3,(H,17,18)/b12-7-. The molecule has 2 rings (SSSR count). The number of amides is 2. The minimum atomic E-state index is -1.21. The van der Waals surface area contributed by atoms with Crippen LogP contribution in [-0.2, 0) is 9.59 Å². The van der Waals surface area contributed by atoms with Gasteiger partial charge in [0, 0.05) is 0 Å². The number of hydrogen-bond acceptors (Lipinski definition) is 4. The summed E-state index contributed by atoms with van der Waals surface area (Å²) in [5.74, 6) is -1.35. The van der Waals surface area contributed by atoms with Gasteiger partial charge in [0.1, 0.15) is 6.54 Å². The summed E-state index contributed by atoms with van der Waals surface area (Å²) in [6.07, 6.45) is 1.61. The average molecular weight is 305 g/mol. The lowest BCUT2D eigenvalue weighted by molar-refractivity contribution is -0.140. The number of hydrogen-bond donors (Lipinski definition) is 1. The highest BCUT2D eigenvalue weighted by molar-refractivity contribution is 8.18. The largest absolute Gasteiger partial charge is 0.480 e. The van der Waals surface area contributed by atoms with E-state index in [2.05, 4.69) is 13.8 Å². The lowest BCUT2D eigenvalue weighted by Crippen LogP contribution is -2.33. The van der Waals surface area contributed by atoms with Gasteiger partial charge in [0.2, 0.25) is 0 Å². The van der Waals surface area contributed by atoms with Gasteiger partial charge in [-0.2, -0.15) is 0 Å². The molecule has 21 heavy (non-hydrogen) atoms. The second-order valence-electron chi connectivity index (χ2n) is 4.98. The highest BCUT2D eigenvalue weighted by Gasteiger charge is 2.36. The first-order valence-electron chi connectivity index (χ1n) is 6.45. The van der Waals surface area contributed by atoms with Crippen LogP contribution in [0.3, 0.4) is 0 Å². The van der Waals surface area contributed by atoms with E-state index in [0.717, 1.165) is 22.2 Å². The Labute approximate surface area is 126 Å². The second kappa shape index (κ2) is 6.13. The fourth-order valence-corrected chi connectivity index (χ4v) is 2.74. The first-order chi connectivity index (χ1) is 9.88. The SMILES string of the molecule is CC(C)c1ccc(/C=C2\SC(=O)N(CC(=O)O)C2=O)cc1. The zero-order valence-corrected chi connectivity index (χ0v) is 12.5. The van der Waals surface area contributed by atoms with Gasteiger partial charge in [-0.1, -0.05) is 38.1 Å². The monoisotopic (exact) mass is 305 g/mol. The molecule has 0 atom stereocenters. The van der Waals surface area contributed by atoms with Crippen LogP contribution in [0.2, 0.25) is 0 Å². The van der Waals surface area contributed by atoms with Crippen molar-refractivity contribution >= 4 is 35.0 Å². The van der Waals surface area contributed by atoms with E-state index >= 15 is 0 Å². The van der Waals surface area contributed by atoms with Crippen molar-refractivity contribution in [3.05, 3.63) is 40.3 Å². The first-order valence-corrected chi connectivity index (χ1v) is 7.27. The third-order valence-corrected chi connectivity index (χ3v) is 3.98. The van der Waals surface area contributed by atoms with E-state index in [-0.39, 0.29) is 4.91 Å². The highest BCUT2D eigenvalue weighted by atomic mass is 32.2. The molecule has 0 saturated carbocycles. The van der Waals surface area contributed by atoms with Crippen LogP contribution in [0.1, 0.15) is 30.9 Å². The van der Waals surface area contributed by atoms with Crippen LogP contribution in [0.5, 0.6) is 0 Å². The molecule has 1 fully saturated rings. The molecule has 6 heteroatoms. The molecule has 110 valence electrons. The van der Waals surface area contributed by atoms with Crippen LogP contribution < -0.4 is 0 Å². The molecule has 0 spiro atoms. The van der Waals surface area contributed by atoms with Gasteiger partial charge in [-0.25, -0.2) is 0 Å². The molecule has 0 aliphatic carbocycles. The van der Waals surface area contributed by atoms with Crippen LogP contribution in [0, 0.1) is 0 Å². The number of imide groups is 1. The number of carbonyl (C=O) groups excluding carboxylic acids is 2. The van der Waals surface area contributed by atoms with Crippen molar-refractivity contribution in [1.29, 1.82) is 0 Å². The molecule has 1 N–H and O–H groups in total. The Balaban J connectivity index is 2.20. The predicted octanol–water partition coefficient (Wildman–Crippen LogP) is 2.93. The normalized spacial score (nSPS) is 17.1. The summed E-state index contributed by atoms with van der Waals surface area (Å²) < 4.78 is 0. The quantitative estimate of drug-likeness (QED) is 0.866. The predicted molar refractivity (Wildman–Crippen MR) is 80.8 cm³/mol. The number of carbonyl (C=O) groups is 3. The molecule has 2 amide bonds. The number of thioether (sulfide) groups is 1. The third-order valence-electron chi connectivity index (χ3n) is 3.07. The lowest BCUT2D eigenvalue weighted by Gasteiger charge is -2.08. The molecule has 1 aromatic rings. The minimum Gasteiger partial charge on any atom is -0.480 e. The topological polar surface area (TPSA) is 74.7 Å². The maximum atomic E-state index is 12.0. The minimum absolute atomic E-state index is 0.249. The molecule has 5 nitrogen and oxygen atoms in total. The average Bonchev–Trinajstić information content (AvgIpc) is 2.67. The smallest absolute Gasteiger partial charge is 0.323 e. The van der Waals surface area contributed by atoms with Crippen molar-refractivity contribution < 1.29 is 19.5 Å². The zero-order chi connectivity index (χ0) is 15.6. The summed E-state index contributed by atoms with van der Waals surface area (Å²) in [6, 6.07) is 7.69. The Morgan fingerprint density at radius 2 is 1.90 bits per heavy atom. The van der Waals surface area contributed by atoms with Gasteiger partial charge in [-0.05, 0) is 34.9 Å². The number of benzene rings is 1. The molecule has 0 radical (unpaired) electrons. The molecule has 0 unspecified atom stereocenters. The van der Waals surface area contributed by atoms with Gasteiger partial charge < -0.3 is 5.11 Å². The molecular weight excluding hydrogens is 290 g/mol. The molecule has 1 aliphatic rings. The summed E-state index contributed by atoms with van der Waals surface area (Å²) in [7, 11) is 0. The van der Waals surface area contributed by atoms with Gasteiger partial charge in [0.15, 0.2) is 0 Å². The summed E-state index contributed by atoms with van der Waals surface area (Å²) >= 11 is 0.764. The molecule has 0 aromatic heterocycles. The Bertz CT molecular complexity index is 619. The molecule has 1 saturated heterocycles. The van der Waals surface area contributed by atoms with Crippen molar-refractivity contribution in [2.45, 2.75) is 19.8 Å². The van der Waals surface area contributed by atoms with E-state index in [9.17, 15) is 14.4 Å². The summed E-state index contributed by atoms with van der Waals surface area (Å²) in [4.78, 5) is 35.2. The molecule has 0 bridgehead atoms. The van der Waals surface area contributed by atoms with Crippen molar-refractivity contribution in [2.75, 3.05) is 6.54 Å². The van der Waals surface area contributed by atoms with E-state index < -0.39 is 23.7 Å². The molecule has 1 aliphatic heterocycles. The highest BCUT2D eigenvalue weighted by Crippen LogP contribution is 2.32. The number of carboxylic acid groups (broad SMARTS) is 1. The van der Waals surface area contributed by atoms with E-state index in [1.807, 2.05) is 24.3 Å². The van der Waals surface area contributed by atoms with Gasteiger partial charge in [0.25, 0.3) is 11.1 Å². The Morgan fingerprint density at radius 3 is 2.43 bits per heavy atom. The van der Waals surface area contributed by atoms with Gasteiger partial charge >= 0.3 is 5.97 Å². The lowest BCUT2D eigenvalue weighted by atomic mass is 10.0. The first kappa shape index (κ1) is 15.3. The fourth-order valence-electron chi connectivity index (χ4n) is 1.90. The second-order valence-corrected chi connectivity index (χ2v) is 5.98. The summed E-state index contributed by atoms with van der Waals surface area (Å²) in [5, 5.41) is 8.14. The van der Waals surface area contributed by atoms with Crippen molar-refractivity contribution in [2.24, 2.45) is 0 Å². The zero-order valence-electron chi connectivity index (χ0n) is 11.7. The van der Waals surface area contributed by atoms with E-state index in [0.29, 0.717) is 5.92 Å². The maximum Gasteiger partial charge on any atom is 0.323 e. The van der Waals surface area contributed by atoms with Crippen molar-refractivity contribution in [3.63, 3.8) is 0 Å². The van der Waals surface area contributed by atoms with Gasteiger partial charge in [-0.15, -0.1) is 0 Å². The van der Waals surface area contributed by atoms with E-state index in [4.69, 9.17) is 5.11 Å². The van der Waals surface area contributed by atoms with Crippen LogP contribution >= 0.6 is 11.8 Å². The van der Waals surface area contributed by atoms with Crippen molar-refractivity contribution in [3.8, 4) is 0 Å². The number of nitrogens with zero attached hydrogens (tertiary/aromatic N) is 1. The number of rotatable bonds is 4. The molecular formula is C15H15NO4S. The van der Waals surface area contributed by atoms with Crippen LogP contribution in [0.25, 0.3) is 6.08 Å². The Hall–Kier alpha value is -2.08. The Kier molecular flexibility index (Phi) is 4.47. The number of aliphatic carboxylic acids is 1. The van der Waals surface area contributed by atoms with Crippen LogP contribution in [0.15, 0.2) is 29.2 Å². The van der Waals surface area contributed by atoms with Gasteiger partial charge in [-0.3, -0.25) is 19.3 Å². The van der Waals surface area contributed by atoms with Crippen LogP contribution in [-0.4, -0.2) is 33.7 Å². The van der Waals surface area contributed by atoms with E-state index in [1.165, 1.54) is 5.56 Å². The molecule has 1 heterocycles. The summed E-state index contributed by atoms with van der Waals surface area (Å²) in [5.41, 5.74) is 1.99. The van der Waals surface area contributed by atoms with Crippen LogP contribution in [0.4, 0.5) is 4.79 Å². The molecule has 1 aromatic carbocycles. The van der Waals surface area contributed by atoms with Crippen molar-refractivity contribution in [1.82, 2.24) is 4.90 Å². The number of carboxylic acids is 1. The van der Waals surface area contributed by atoms with E-state index in [1.54, 1.807) is 6.08 Å².